The number of hydrogen-bond acceptors (Lipinski definition) is 2. The second-order valence-electron chi connectivity index (χ2n) is 4.24. The zero-order valence-electron chi connectivity index (χ0n) is 7.84. The van der Waals surface area contributed by atoms with E-state index in [1.807, 2.05) is 0 Å². The molecule has 2 nitrogen and oxygen atoms in total. The SMILES string of the molecule is NC[C@@H]1CCCN2CCCCC12. The van der Waals surface area contributed by atoms with Gasteiger partial charge in [-0.05, 0) is 51.2 Å². The van der Waals surface area contributed by atoms with Crippen molar-refractivity contribution in [3.05, 3.63) is 0 Å². The maximum Gasteiger partial charge on any atom is 0.0136 e. The van der Waals surface area contributed by atoms with Gasteiger partial charge in [0.05, 0.1) is 0 Å². The lowest BCUT2D eigenvalue weighted by Crippen LogP contribution is -2.49. The molecule has 2 aliphatic heterocycles. The van der Waals surface area contributed by atoms with Crippen molar-refractivity contribution in [1.29, 1.82) is 0 Å². The molecular weight excluding hydrogens is 148 g/mol. The number of fused-ring (bicyclic) bond motifs is 1. The molecule has 0 aliphatic carbocycles. The number of nitrogens with two attached hydrogens (primary N) is 1. The molecule has 2 N–H and O–H groups in total. The quantitative estimate of drug-likeness (QED) is 0.637. The van der Waals surface area contributed by atoms with E-state index in [1.54, 1.807) is 0 Å². The van der Waals surface area contributed by atoms with Crippen molar-refractivity contribution in [3.63, 3.8) is 0 Å². The van der Waals surface area contributed by atoms with Gasteiger partial charge in [-0.3, -0.25) is 0 Å². The fourth-order valence-corrected chi connectivity index (χ4v) is 2.85. The average molecular weight is 168 g/mol. The van der Waals surface area contributed by atoms with E-state index in [4.69, 9.17) is 5.73 Å². The molecule has 12 heavy (non-hydrogen) atoms. The van der Waals surface area contributed by atoms with Gasteiger partial charge < -0.3 is 10.6 Å². The number of nitrogens with zero attached hydrogens (tertiary/aromatic N) is 1. The van der Waals surface area contributed by atoms with Crippen LogP contribution in [0.15, 0.2) is 0 Å². The third-order valence-corrected chi connectivity index (χ3v) is 3.53. The van der Waals surface area contributed by atoms with Crippen LogP contribution in [0.1, 0.15) is 32.1 Å². The Balaban J connectivity index is 1.99. The van der Waals surface area contributed by atoms with Gasteiger partial charge in [0.25, 0.3) is 0 Å². The first-order valence-electron chi connectivity index (χ1n) is 5.36. The van der Waals surface area contributed by atoms with E-state index in [2.05, 4.69) is 4.90 Å². The molecule has 0 amide bonds. The van der Waals surface area contributed by atoms with Crippen LogP contribution in [0.2, 0.25) is 0 Å². The Labute approximate surface area is 75.1 Å². The Morgan fingerprint density at radius 2 is 1.92 bits per heavy atom. The van der Waals surface area contributed by atoms with E-state index in [-0.39, 0.29) is 0 Å². The van der Waals surface area contributed by atoms with Crippen LogP contribution in [-0.2, 0) is 0 Å². The van der Waals surface area contributed by atoms with Gasteiger partial charge in [-0.2, -0.15) is 0 Å². The molecule has 0 bridgehead atoms. The molecule has 2 heteroatoms. The minimum atomic E-state index is 0.805. The Morgan fingerprint density at radius 1 is 1.08 bits per heavy atom. The van der Waals surface area contributed by atoms with Crippen LogP contribution < -0.4 is 5.73 Å². The summed E-state index contributed by atoms with van der Waals surface area (Å²) in [6, 6.07) is 0.845. The fourth-order valence-electron chi connectivity index (χ4n) is 2.85. The molecule has 2 heterocycles. The third kappa shape index (κ3) is 1.50. The van der Waals surface area contributed by atoms with Gasteiger partial charge in [0.1, 0.15) is 0 Å². The van der Waals surface area contributed by atoms with Gasteiger partial charge >= 0.3 is 0 Å². The fraction of sp³-hybridized carbons (Fsp3) is 1.00. The van der Waals surface area contributed by atoms with Crippen molar-refractivity contribution in [2.24, 2.45) is 11.7 Å². The van der Waals surface area contributed by atoms with E-state index in [1.165, 1.54) is 45.2 Å². The molecule has 2 saturated heterocycles. The molecule has 1 unspecified atom stereocenters. The molecule has 0 saturated carbocycles. The highest BCUT2D eigenvalue weighted by atomic mass is 15.2. The van der Waals surface area contributed by atoms with Gasteiger partial charge in [0, 0.05) is 6.04 Å². The van der Waals surface area contributed by atoms with E-state index >= 15 is 0 Å². The summed E-state index contributed by atoms with van der Waals surface area (Å²) in [5.74, 6) is 0.805. The summed E-state index contributed by atoms with van der Waals surface area (Å²) in [6.07, 6.45) is 6.99. The molecule has 70 valence electrons. The maximum atomic E-state index is 5.78. The van der Waals surface area contributed by atoms with Gasteiger partial charge in [-0.25, -0.2) is 0 Å². The highest BCUT2D eigenvalue weighted by Gasteiger charge is 2.31. The van der Waals surface area contributed by atoms with E-state index in [0.29, 0.717) is 0 Å². The van der Waals surface area contributed by atoms with E-state index in [9.17, 15) is 0 Å². The summed E-state index contributed by atoms with van der Waals surface area (Å²) >= 11 is 0. The summed E-state index contributed by atoms with van der Waals surface area (Å²) in [4.78, 5) is 2.67. The first kappa shape index (κ1) is 8.52. The molecule has 0 radical (unpaired) electrons. The van der Waals surface area contributed by atoms with Crippen LogP contribution in [0.4, 0.5) is 0 Å². The molecule has 0 aromatic carbocycles. The Bertz CT molecular complexity index is 138. The minimum absolute atomic E-state index is 0.805. The van der Waals surface area contributed by atoms with Crippen LogP contribution in [-0.4, -0.2) is 30.6 Å². The normalized spacial score (nSPS) is 37.8. The first-order valence-corrected chi connectivity index (χ1v) is 5.36. The molecule has 2 aliphatic rings. The van der Waals surface area contributed by atoms with Gasteiger partial charge in [0.2, 0.25) is 0 Å². The monoisotopic (exact) mass is 168 g/mol. The lowest BCUT2D eigenvalue weighted by molar-refractivity contribution is 0.0632. The standard InChI is InChI=1S/C10H20N2/c11-8-9-4-3-7-12-6-2-1-5-10(9)12/h9-10H,1-8,11H2/t9-,10?/m0/s1. The Morgan fingerprint density at radius 3 is 2.75 bits per heavy atom. The molecule has 0 aromatic rings. The highest BCUT2D eigenvalue weighted by molar-refractivity contribution is 4.87. The van der Waals surface area contributed by atoms with Crippen LogP contribution in [0, 0.1) is 5.92 Å². The summed E-state index contributed by atoms with van der Waals surface area (Å²) in [7, 11) is 0. The number of piperidine rings is 2. The predicted molar refractivity (Wildman–Crippen MR) is 51.0 cm³/mol. The second kappa shape index (κ2) is 3.75. The topological polar surface area (TPSA) is 29.3 Å². The molecule has 2 rings (SSSR count). The van der Waals surface area contributed by atoms with Crippen LogP contribution in [0.5, 0.6) is 0 Å². The smallest absolute Gasteiger partial charge is 0.0136 e. The van der Waals surface area contributed by atoms with Crippen molar-refractivity contribution >= 4 is 0 Å². The van der Waals surface area contributed by atoms with Crippen LogP contribution in [0.3, 0.4) is 0 Å². The van der Waals surface area contributed by atoms with E-state index in [0.717, 1.165) is 18.5 Å². The Kier molecular flexibility index (Phi) is 2.66. The summed E-state index contributed by atoms with van der Waals surface area (Å²) in [6.45, 7) is 3.57. The lowest BCUT2D eigenvalue weighted by Gasteiger charge is -2.44. The predicted octanol–water partition coefficient (Wildman–Crippen LogP) is 1.21. The van der Waals surface area contributed by atoms with Crippen molar-refractivity contribution < 1.29 is 0 Å². The lowest BCUT2D eigenvalue weighted by atomic mass is 9.84. The summed E-state index contributed by atoms with van der Waals surface area (Å²) in [5.41, 5.74) is 5.78. The molecule has 0 spiro atoms. The van der Waals surface area contributed by atoms with Crippen LogP contribution >= 0.6 is 0 Å². The van der Waals surface area contributed by atoms with Crippen molar-refractivity contribution in [2.45, 2.75) is 38.1 Å². The van der Waals surface area contributed by atoms with E-state index < -0.39 is 0 Å². The molecule has 0 aromatic heterocycles. The zero-order valence-corrected chi connectivity index (χ0v) is 7.84. The summed E-state index contributed by atoms with van der Waals surface area (Å²) in [5, 5.41) is 0. The number of hydrogen-bond donors (Lipinski definition) is 1. The number of rotatable bonds is 1. The second-order valence-corrected chi connectivity index (χ2v) is 4.24. The third-order valence-electron chi connectivity index (χ3n) is 3.53. The highest BCUT2D eigenvalue weighted by Crippen LogP contribution is 2.29. The Hall–Kier alpha value is -0.0800. The molecule has 2 atom stereocenters. The van der Waals surface area contributed by atoms with Gasteiger partial charge in [-0.15, -0.1) is 0 Å². The van der Waals surface area contributed by atoms with Gasteiger partial charge in [0.15, 0.2) is 0 Å². The largest absolute Gasteiger partial charge is 0.330 e. The minimum Gasteiger partial charge on any atom is -0.330 e. The zero-order chi connectivity index (χ0) is 8.39. The van der Waals surface area contributed by atoms with Gasteiger partial charge in [-0.1, -0.05) is 6.42 Å². The summed E-state index contributed by atoms with van der Waals surface area (Å²) < 4.78 is 0. The molecular formula is C10H20N2. The van der Waals surface area contributed by atoms with Crippen molar-refractivity contribution in [1.82, 2.24) is 4.90 Å². The van der Waals surface area contributed by atoms with Crippen LogP contribution in [0.25, 0.3) is 0 Å². The van der Waals surface area contributed by atoms with Crippen molar-refractivity contribution in [2.75, 3.05) is 19.6 Å². The average Bonchev–Trinajstić information content (AvgIpc) is 2.17. The maximum absolute atomic E-state index is 5.78. The first-order chi connectivity index (χ1) is 5.92. The van der Waals surface area contributed by atoms with Crippen molar-refractivity contribution in [3.8, 4) is 0 Å². The molecule has 2 fully saturated rings.